The van der Waals surface area contributed by atoms with Crippen LogP contribution in [-0.4, -0.2) is 38.9 Å². The van der Waals surface area contributed by atoms with Crippen molar-refractivity contribution in [2.75, 3.05) is 13.1 Å². The number of rotatable bonds is 6. The second kappa shape index (κ2) is 9.52. The van der Waals surface area contributed by atoms with Crippen LogP contribution in [0.15, 0.2) is 66.9 Å². The maximum atomic E-state index is 11.2. The number of fused-ring (bicyclic) bond motifs is 1. The van der Waals surface area contributed by atoms with Crippen LogP contribution in [0.3, 0.4) is 0 Å². The minimum absolute atomic E-state index is 0.522. The summed E-state index contributed by atoms with van der Waals surface area (Å²) in [5.41, 5.74) is 7.56. The van der Waals surface area contributed by atoms with Crippen LogP contribution in [0.2, 0.25) is 0 Å². The summed E-state index contributed by atoms with van der Waals surface area (Å²) in [4.78, 5) is 13.7. The Morgan fingerprint density at radius 1 is 1.13 bits per heavy atom. The highest BCUT2D eigenvalue weighted by atomic mass is 16.5. The third-order valence-corrected chi connectivity index (χ3v) is 5.49. The van der Waals surface area contributed by atoms with Gasteiger partial charge in [-0.3, -0.25) is 14.9 Å². The standard InChI is InChI=1S/C24H26N4O2/c29-24(26-30)11-9-19-8-10-21-18-27(15-4-5-20(21)17-19)16-13-23-12-14-25-28(23)22-6-2-1-3-7-22/h1-3,6-12,14,17,30H,4-5,13,15-16,18H2,(H,26,29)/b11-9+. The molecule has 0 saturated carbocycles. The van der Waals surface area contributed by atoms with Gasteiger partial charge >= 0.3 is 0 Å². The van der Waals surface area contributed by atoms with Crippen LogP contribution in [0.5, 0.6) is 0 Å². The zero-order valence-electron chi connectivity index (χ0n) is 16.9. The van der Waals surface area contributed by atoms with Crippen LogP contribution in [0.4, 0.5) is 0 Å². The molecule has 1 aliphatic rings. The summed E-state index contributed by atoms with van der Waals surface area (Å²) in [6.07, 6.45) is 8.00. The molecule has 0 spiro atoms. The molecule has 1 aliphatic heterocycles. The van der Waals surface area contributed by atoms with Crippen molar-refractivity contribution < 1.29 is 10.0 Å². The number of aryl methyl sites for hydroxylation is 1. The van der Waals surface area contributed by atoms with Crippen molar-refractivity contribution in [3.8, 4) is 5.69 Å². The number of carbonyl (C=O) groups excluding carboxylic acids is 1. The van der Waals surface area contributed by atoms with Crippen LogP contribution in [0.1, 0.15) is 28.8 Å². The third kappa shape index (κ3) is 4.84. The van der Waals surface area contributed by atoms with Gasteiger partial charge in [-0.2, -0.15) is 5.10 Å². The van der Waals surface area contributed by atoms with Crippen LogP contribution >= 0.6 is 0 Å². The van der Waals surface area contributed by atoms with Gasteiger partial charge < -0.3 is 0 Å². The van der Waals surface area contributed by atoms with Crippen LogP contribution in [0.25, 0.3) is 11.8 Å². The van der Waals surface area contributed by atoms with Crippen LogP contribution in [-0.2, 0) is 24.2 Å². The number of aromatic nitrogens is 2. The number of hydrogen-bond donors (Lipinski definition) is 2. The summed E-state index contributed by atoms with van der Waals surface area (Å²) in [6.45, 7) is 2.97. The van der Waals surface area contributed by atoms with Crippen molar-refractivity contribution in [3.63, 3.8) is 0 Å². The van der Waals surface area contributed by atoms with Crippen LogP contribution in [0, 0.1) is 0 Å². The molecule has 6 nitrogen and oxygen atoms in total. The van der Waals surface area contributed by atoms with Gasteiger partial charge in [0.25, 0.3) is 5.91 Å². The van der Waals surface area contributed by atoms with Crippen molar-refractivity contribution in [3.05, 3.63) is 89.3 Å². The first-order valence-electron chi connectivity index (χ1n) is 10.3. The van der Waals surface area contributed by atoms with Crippen molar-refractivity contribution in [2.24, 2.45) is 0 Å². The molecule has 2 aromatic carbocycles. The topological polar surface area (TPSA) is 70.4 Å². The number of hydrogen-bond acceptors (Lipinski definition) is 4. The monoisotopic (exact) mass is 402 g/mol. The molecular weight excluding hydrogens is 376 g/mol. The molecule has 3 aromatic rings. The second-order valence-electron chi connectivity index (χ2n) is 7.54. The van der Waals surface area contributed by atoms with E-state index < -0.39 is 5.91 Å². The maximum absolute atomic E-state index is 11.2. The second-order valence-corrected chi connectivity index (χ2v) is 7.54. The van der Waals surface area contributed by atoms with Gasteiger partial charge in [-0.1, -0.05) is 36.4 Å². The normalized spacial score (nSPS) is 14.4. The van der Waals surface area contributed by atoms with E-state index in [2.05, 4.69) is 40.3 Å². The lowest BCUT2D eigenvalue weighted by atomic mass is 10.0. The lowest BCUT2D eigenvalue weighted by Crippen LogP contribution is -2.26. The van der Waals surface area contributed by atoms with E-state index in [1.807, 2.05) is 35.1 Å². The number of benzene rings is 2. The zero-order valence-corrected chi connectivity index (χ0v) is 16.9. The lowest BCUT2D eigenvalue weighted by molar-refractivity contribution is -0.124. The predicted octanol–water partition coefficient (Wildman–Crippen LogP) is 3.38. The minimum atomic E-state index is -0.522. The van der Waals surface area contributed by atoms with E-state index in [1.165, 1.54) is 22.9 Å². The molecule has 0 aliphatic carbocycles. The van der Waals surface area contributed by atoms with Crippen molar-refractivity contribution >= 4 is 12.0 Å². The van der Waals surface area contributed by atoms with E-state index in [0.717, 1.165) is 50.1 Å². The fourth-order valence-electron chi connectivity index (χ4n) is 3.94. The summed E-state index contributed by atoms with van der Waals surface area (Å²) in [6, 6.07) is 18.7. The Bertz CT molecular complexity index is 1030. The summed E-state index contributed by atoms with van der Waals surface area (Å²) >= 11 is 0. The van der Waals surface area contributed by atoms with Gasteiger partial charge in [0.05, 0.1) is 5.69 Å². The number of nitrogens with one attached hydrogen (secondary N) is 1. The maximum Gasteiger partial charge on any atom is 0.267 e. The first-order valence-corrected chi connectivity index (χ1v) is 10.3. The number of para-hydroxylation sites is 1. The molecule has 0 fully saturated rings. The first-order chi connectivity index (χ1) is 14.7. The fourth-order valence-corrected chi connectivity index (χ4v) is 3.94. The minimum Gasteiger partial charge on any atom is -0.299 e. The predicted molar refractivity (Wildman–Crippen MR) is 116 cm³/mol. The van der Waals surface area contributed by atoms with Crippen molar-refractivity contribution in [1.82, 2.24) is 20.2 Å². The largest absolute Gasteiger partial charge is 0.299 e. The van der Waals surface area contributed by atoms with Gasteiger partial charge in [-0.05, 0) is 60.4 Å². The highest BCUT2D eigenvalue weighted by Gasteiger charge is 2.15. The smallest absolute Gasteiger partial charge is 0.267 e. The molecule has 154 valence electrons. The number of hydroxylamine groups is 1. The zero-order chi connectivity index (χ0) is 20.8. The van der Waals surface area contributed by atoms with Gasteiger partial charge in [0.1, 0.15) is 0 Å². The van der Waals surface area contributed by atoms with Gasteiger partial charge in [-0.15, -0.1) is 0 Å². The summed E-state index contributed by atoms with van der Waals surface area (Å²) < 4.78 is 2.02. The average molecular weight is 402 g/mol. The number of nitrogens with zero attached hydrogens (tertiary/aromatic N) is 3. The number of amides is 1. The van der Waals surface area contributed by atoms with E-state index in [0.29, 0.717) is 0 Å². The van der Waals surface area contributed by atoms with E-state index in [1.54, 1.807) is 11.6 Å². The molecule has 0 bridgehead atoms. The highest BCUT2D eigenvalue weighted by Crippen LogP contribution is 2.21. The molecule has 2 heterocycles. The SMILES string of the molecule is O=C(/C=C/c1ccc2c(c1)CCCN(CCc1ccnn1-c1ccccc1)C2)NO. The van der Waals surface area contributed by atoms with Gasteiger partial charge in [0.2, 0.25) is 0 Å². The Morgan fingerprint density at radius 2 is 2.00 bits per heavy atom. The molecule has 1 aromatic heterocycles. The molecule has 4 rings (SSSR count). The van der Waals surface area contributed by atoms with Gasteiger partial charge in [0, 0.05) is 37.5 Å². The lowest BCUT2D eigenvalue weighted by Gasteiger charge is -2.20. The summed E-state index contributed by atoms with van der Waals surface area (Å²) in [5.74, 6) is -0.522. The van der Waals surface area contributed by atoms with Gasteiger partial charge in [-0.25, -0.2) is 10.2 Å². The molecular formula is C24H26N4O2. The van der Waals surface area contributed by atoms with E-state index in [-0.39, 0.29) is 0 Å². The summed E-state index contributed by atoms with van der Waals surface area (Å²) in [5, 5.41) is 13.1. The van der Waals surface area contributed by atoms with E-state index in [9.17, 15) is 4.79 Å². The molecule has 6 heteroatoms. The molecule has 0 unspecified atom stereocenters. The third-order valence-electron chi connectivity index (χ3n) is 5.49. The Kier molecular flexibility index (Phi) is 6.37. The van der Waals surface area contributed by atoms with Gasteiger partial charge in [0.15, 0.2) is 0 Å². The molecule has 2 N–H and O–H groups in total. The Balaban J connectivity index is 1.42. The molecule has 0 radical (unpaired) electrons. The van der Waals surface area contributed by atoms with E-state index in [4.69, 9.17) is 5.21 Å². The van der Waals surface area contributed by atoms with Crippen molar-refractivity contribution in [2.45, 2.75) is 25.8 Å². The molecule has 1 amide bonds. The Morgan fingerprint density at radius 3 is 2.83 bits per heavy atom. The molecule has 30 heavy (non-hydrogen) atoms. The van der Waals surface area contributed by atoms with Crippen LogP contribution < -0.4 is 5.48 Å². The average Bonchev–Trinajstić information content (AvgIpc) is 3.16. The molecule has 0 saturated heterocycles. The number of carbonyl (C=O) groups is 1. The molecule has 0 atom stereocenters. The summed E-state index contributed by atoms with van der Waals surface area (Å²) in [7, 11) is 0. The fraction of sp³-hybridized carbons (Fsp3) is 0.250. The quantitative estimate of drug-likeness (QED) is 0.377. The van der Waals surface area contributed by atoms with Crippen molar-refractivity contribution in [1.29, 1.82) is 0 Å². The first kappa shape index (κ1) is 20.1. The Labute approximate surface area is 176 Å². The highest BCUT2D eigenvalue weighted by molar-refractivity contribution is 5.90. The Hall–Kier alpha value is -3.22. The van der Waals surface area contributed by atoms with E-state index >= 15 is 0 Å².